The largest absolute Gasteiger partial charge is 0.497 e. The lowest BCUT2D eigenvalue weighted by Gasteiger charge is -2.13. The van der Waals surface area contributed by atoms with Crippen molar-refractivity contribution in [3.8, 4) is 5.75 Å². The van der Waals surface area contributed by atoms with Crippen molar-refractivity contribution >= 4 is 6.03 Å². The van der Waals surface area contributed by atoms with E-state index in [1.165, 1.54) is 6.07 Å². The molecular formula is C18H21FN2O3. The molecule has 2 rings (SSSR count). The number of hydrogen-bond acceptors (Lipinski definition) is 3. The van der Waals surface area contributed by atoms with Crippen LogP contribution in [-0.2, 0) is 6.54 Å². The molecule has 0 aliphatic rings. The summed E-state index contributed by atoms with van der Waals surface area (Å²) < 4.78 is 18.5. The Morgan fingerprint density at radius 3 is 2.54 bits per heavy atom. The van der Waals surface area contributed by atoms with E-state index in [-0.39, 0.29) is 18.9 Å². The summed E-state index contributed by atoms with van der Waals surface area (Å²) in [5, 5.41) is 15.3. The Balaban J connectivity index is 1.78. The van der Waals surface area contributed by atoms with E-state index in [2.05, 4.69) is 10.6 Å². The lowest BCUT2D eigenvalue weighted by atomic mass is 10.1. The molecule has 24 heavy (non-hydrogen) atoms. The van der Waals surface area contributed by atoms with Crippen LogP contribution in [0.1, 0.15) is 22.8 Å². The van der Waals surface area contributed by atoms with Gasteiger partial charge in [0.05, 0.1) is 13.2 Å². The number of benzene rings is 2. The maximum atomic E-state index is 13.4. The minimum atomic E-state index is -0.821. The number of aryl methyl sites for hydroxylation is 1. The van der Waals surface area contributed by atoms with Gasteiger partial charge in [0, 0.05) is 13.1 Å². The lowest BCUT2D eigenvalue weighted by Crippen LogP contribution is -2.37. The van der Waals surface area contributed by atoms with E-state index >= 15 is 0 Å². The van der Waals surface area contributed by atoms with Crippen LogP contribution in [0.2, 0.25) is 0 Å². The fourth-order valence-corrected chi connectivity index (χ4v) is 2.12. The third-order valence-electron chi connectivity index (χ3n) is 3.65. The minimum Gasteiger partial charge on any atom is -0.497 e. The van der Waals surface area contributed by atoms with Crippen LogP contribution in [-0.4, -0.2) is 24.8 Å². The molecule has 0 spiro atoms. The molecule has 0 bridgehead atoms. The highest BCUT2D eigenvalue weighted by Crippen LogP contribution is 2.16. The van der Waals surface area contributed by atoms with Gasteiger partial charge in [-0.15, -0.1) is 0 Å². The highest BCUT2D eigenvalue weighted by molar-refractivity contribution is 5.73. The van der Waals surface area contributed by atoms with Gasteiger partial charge in [-0.1, -0.05) is 24.3 Å². The summed E-state index contributed by atoms with van der Waals surface area (Å²) in [6, 6.07) is 11.3. The van der Waals surface area contributed by atoms with E-state index in [0.717, 1.165) is 0 Å². The van der Waals surface area contributed by atoms with Crippen LogP contribution in [0.4, 0.5) is 9.18 Å². The highest BCUT2D eigenvalue weighted by atomic mass is 19.1. The van der Waals surface area contributed by atoms with E-state index in [1.807, 2.05) is 0 Å². The summed E-state index contributed by atoms with van der Waals surface area (Å²) in [4.78, 5) is 11.8. The first-order valence-corrected chi connectivity index (χ1v) is 7.58. The topological polar surface area (TPSA) is 70.6 Å². The first kappa shape index (κ1) is 17.7. The molecule has 0 aliphatic heterocycles. The standard InChI is InChI=1S/C18H21FN2O3/c1-12-3-4-13(9-16(12)19)10-20-18(23)21-11-17(22)14-5-7-15(24-2)8-6-14/h3-9,17,22H,10-11H2,1-2H3,(H2,20,21,23). The molecule has 0 heterocycles. The van der Waals surface area contributed by atoms with E-state index in [9.17, 15) is 14.3 Å². The SMILES string of the molecule is COc1ccc(C(O)CNC(=O)NCc2ccc(C)c(F)c2)cc1. The average molecular weight is 332 g/mol. The summed E-state index contributed by atoms with van der Waals surface area (Å²) in [6.45, 7) is 1.96. The summed E-state index contributed by atoms with van der Waals surface area (Å²) in [6.07, 6.45) is -0.821. The van der Waals surface area contributed by atoms with E-state index in [0.29, 0.717) is 22.4 Å². The molecule has 2 amide bonds. The van der Waals surface area contributed by atoms with Gasteiger partial charge in [-0.3, -0.25) is 0 Å². The Labute approximate surface area is 140 Å². The molecule has 128 valence electrons. The van der Waals surface area contributed by atoms with Gasteiger partial charge in [-0.05, 0) is 41.8 Å². The van der Waals surface area contributed by atoms with Gasteiger partial charge in [-0.25, -0.2) is 9.18 Å². The number of amides is 2. The van der Waals surface area contributed by atoms with Gasteiger partial charge in [-0.2, -0.15) is 0 Å². The molecule has 0 fully saturated rings. The monoisotopic (exact) mass is 332 g/mol. The van der Waals surface area contributed by atoms with Gasteiger partial charge in [0.15, 0.2) is 0 Å². The number of aliphatic hydroxyl groups excluding tert-OH is 1. The molecular weight excluding hydrogens is 311 g/mol. The quantitative estimate of drug-likeness (QED) is 0.762. The third-order valence-corrected chi connectivity index (χ3v) is 3.65. The Morgan fingerprint density at radius 2 is 1.92 bits per heavy atom. The van der Waals surface area contributed by atoms with E-state index < -0.39 is 12.1 Å². The van der Waals surface area contributed by atoms with E-state index in [4.69, 9.17) is 4.74 Å². The predicted octanol–water partition coefficient (Wildman–Crippen LogP) is 2.68. The van der Waals surface area contributed by atoms with Crippen LogP contribution in [0.5, 0.6) is 5.75 Å². The van der Waals surface area contributed by atoms with Gasteiger partial charge >= 0.3 is 6.03 Å². The summed E-state index contributed by atoms with van der Waals surface area (Å²) in [5.41, 5.74) is 1.91. The number of aliphatic hydroxyl groups is 1. The van der Waals surface area contributed by atoms with E-state index in [1.54, 1.807) is 50.4 Å². The molecule has 1 atom stereocenters. The number of urea groups is 1. The van der Waals surface area contributed by atoms with Crippen LogP contribution in [0, 0.1) is 12.7 Å². The summed E-state index contributed by atoms with van der Waals surface area (Å²) in [7, 11) is 1.57. The van der Waals surface area contributed by atoms with Crippen LogP contribution in [0.15, 0.2) is 42.5 Å². The number of hydrogen-bond donors (Lipinski definition) is 3. The number of ether oxygens (including phenoxy) is 1. The van der Waals surface area contributed by atoms with Gasteiger partial charge < -0.3 is 20.5 Å². The number of nitrogens with one attached hydrogen (secondary N) is 2. The van der Waals surface area contributed by atoms with Crippen LogP contribution < -0.4 is 15.4 Å². The summed E-state index contributed by atoms with van der Waals surface area (Å²) >= 11 is 0. The molecule has 6 heteroatoms. The van der Waals surface area contributed by atoms with Gasteiger partial charge in [0.25, 0.3) is 0 Å². The van der Waals surface area contributed by atoms with Crippen LogP contribution >= 0.6 is 0 Å². The average Bonchev–Trinajstić information content (AvgIpc) is 2.60. The highest BCUT2D eigenvalue weighted by Gasteiger charge is 2.09. The maximum Gasteiger partial charge on any atom is 0.315 e. The Hall–Kier alpha value is -2.60. The molecule has 0 aromatic heterocycles. The number of carbonyl (C=O) groups is 1. The van der Waals surface area contributed by atoms with Gasteiger partial charge in [0.1, 0.15) is 11.6 Å². The second kappa shape index (κ2) is 8.31. The molecule has 0 aliphatic carbocycles. The smallest absolute Gasteiger partial charge is 0.315 e. The lowest BCUT2D eigenvalue weighted by molar-refractivity contribution is 0.173. The fourth-order valence-electron chi connectivity index (χ4n) is 2.12. The molecule has 5 nitrogen and oxygen atoms in total. The molecule has 2 aromatic rings. The Kier molecular flexibility index (Phi) is 6.14. The number of methoxy groups -OCH3 is 1. The van der Waals surface area contributed by atoms with Crippen molar-refractivity contribution in [2.24, 2.45) is 0 Å². The number of rotatable bonds is 6. The molecule has 0 saturated carbocycles. The molecule has 3 N–H and O–H groups in total. The molecule has 0 radical (unpaired) electrons. The Morgan fingerprint density at radius 1 is 1.21 bits per heavy atom. The second-order valence-corrected chi connectivity index (χ2v) is 5.44. The van der Waals surface area contributed by atoms with Crippen LogP contribution in [0.25, 0.3) is 0 Å². The molecule has 2 aromatic carbocycles. The molecule has 0 saturated heterocycles. The number of halogens is 1. The van der Waals surface area contributed by atoms with Crippen molar-refractivity contribution in [2.75, 3.05) is 13.7 Å². The third kappa shape index (κ3) is 4.96. The zero-order valence-corrected chi connectivity index (χ0v) is 13.7. The van der Waals surface area contributed by atoms with Crippen molar-refractivity contribution in [1.82, 2.24) is 10.6 Å². The first-order chi connectivity index (χ1) is 11.5. The predicted molar refractivity (Wildman–Crippen MR) is 89.3 cm³/mol. The zero-order valence-electron chi connectivity index (χ0n) is 13.7. The zero-order chi connectivity index (χ0) is 17.5. The van der Waals surface area contributed by atoms with Crippen molar-refractivity contribution in [2.45, 2.75) is 19.6 Å². The minimum absolute atomic E-state index is 0.0699. The van der Waals surface area contributed by atoms with Crippen LogP contribution in [0.3, 0.4) is 0 Å². The second-order valence-electron chi connectivity index (χ2n) is 5.44. The maximum absolute atomic E-state index is 13.4. The van der Waals surface area contributed by atoms with Gasteiger partial charge in [0.2, 0.25) is 0 Å². The van der Waals surface area contributed by atoms with Crippen molar-refractivity contribution in [3.63, 3.8) is 0 Å². The first-order valence-electron chi connectivity index (χ1n) is 7.58. The van der Waals surface area contributed by atoms with Crippen molar-refractivity contribution in [1.29, 1.82) is 0 Å². The summed E-state index contributed by atoms with van der Waals surface area (Å²) in [5.74, 6) is 0.395. The normalized spacial score (nSPS) is 11.7. The van der Waals surface area contributed by atoms with Crippen molar-refractivity contribution < 1.29 is 19.0 Å². The Bertz CT molecular complexity index is 689. The molecule has 1 unspecified atom stereocenters. The number of carbonyl (C=O) groups excluding carboxylic acids is 1. The van der Waals surface area contributed by atoms with Crippen molar-refractivity contribution in [3.05, 3.63) is 65.0 Å². The fraction of sp³-hybridized carbons (Fsp3) is 0.278.